The van der Waals surface area contributed by atoms with E-state index >= 15 is 0 Å². The Morgan fingerprint density at radius 3 is 2.67 bits per heavy atom. The Balaban J connectivity index is 2.03. The number of aliphatic hydroxyl groups is 1. The molecule has 0 radical (unpaired) electrons. The number of carbonyl (C=O) groups excluding carboxylic acids is 2. The Morgan fingerprint density at radius 1 is 1.20 bits per heavy atom. The van der Waals surface area contributed by atoms with Crippen molar-refractivity contribution in [1.82, 2.24) is 4.90 Å². The minimum Gasteiger partial charge on any atom is -0.507 e. The average Bonchev–Trinajstić information content (AvgIpc) is 3.28. The first-order chi connectivity index (χ1) is 14.5. The number of aryl methyl sites for hydroxylation is 1. The summed E-state index contributed by atoms with van der Waals surface area (Å²) in [6.45, 7) is 4.87. The number of unbranched alkanes of at least 4 members (excludes halogenated alkanes) is 1. The van der Waals surface area contributed by atoms with Gasteiger partial charge in [-0.3, -0.25) is 9.59 Å². The van der Waals surface area contributed by atoms with E-state index in [1.807, 2.05) is 0 Å². The minimum atomic E-state index is -0.821. The molecule has 2 heterocycles. The summed E-state index contributed by atoms with van der Waals surface area (Å²) in [4.78, 5) is 26.9. The number of methoxy groups -OCH3 is 1. The molecule has 1 aliphatic rings. The van der Waals surface area contributed by atoms with Crippen LogP contribution in [0.5, 0.6) is 5.75 Å². The SMILES string of the molecule is CCCCOc1cccc(/C(O)=C2\C(=O)C(=O)N(CCOC)C2c2ccc(C)o2)c1. The number of rotatable bonds is 9. The van der Waals surface area contributed by atoms with Crippen LogP contribution < -0.4 is 4.74 Å². The molecule has 30 heavy (non-hydrogen) atoms. The molecule has 0 bridgehead atoms. The highest BCUT2D eigenvalue weighted by atomic mass is 16.5. The molecule has 1 aliphatic heterocycles. The number of amides is 1. The fourth-order valence-corrected chi connectivity index (χ4v) is 3.42. The van der Waals surface area contributed by atoms with Crippen molar-refractivity contribution in [2.75, 3.05) is 26.9 Å². The van der Waals surface area contributed by atoms with E-state index in [-0.39, 0.29) is 24.5 Å². The number of benzene rings is 1. The number of Topliss-reactive ketones (excluding diaryl/α,β-unsaturated/α-hetero) is 1. The van der Waals surface area contributed by atoms with Crippen LogP contribution in [-0.2, 0) is 14.3 Å². The van der Waals surface area contributed by atoms with E-state index in [0.29, 0.717) is 29.4 Å². The van der Waals surface area contributed by atoms with E-state index in [9.17, 15) is 14.7 Å². The predicted molar refractivity (Wildman–Crippen MR) is 111 cm³/mol. The number of hydrogen-bond acceptors (Lipinski definition) is 6. The quantitative estimate of drug-likeness (QED) is 0.291. The number of hydrogen-bond donors (Lipinski definition) is 1. The van der Waals surface area contributed by atoms with E-state index in [1.54, 1.807) is 43.3 Å². The van der Waals surface area contributed by atoms with Crippen molar-refractivity contribution >= 4 is 17.4 Å². The lowest BCUT2D eigenvalue weighted by atomic mass is 9.99. The smallest absolute Gasteiger partial charge is 0.295 e. The second-order valence-electron chi connectivity index (χ2n) is 7.16. The summed E-state index contributed by atoms with van der Waals surface area (Å²) in [5.41, 5.74) is 0.401. The highest BCUT2D eigenvalue weighted by molar-refractivity contribution is 6.46. The van der Waals surface area contributed by atoms with Crippen molar-refractivity contribution in [3.8, 4) is 5.75 Å². The van der Waals surface area contributed by atoms with Gasteiger partial charge in [0, 0.05) is 19.2 Å². The third kappa shape index (κ3) is 4.41. The van der Waals surface area contributed by atoms with Crippen molar-refractivity contribution < 1.29 is 28.6 Å². The van der Waals surface area contributed by atoms with E-state index in [2.05, 4.69) is 6.92 Å². The van der Waals surface area contributed by atoms with Gasteiger partial charge in [0.1, 0.15) is 29.1 Å². The third-order valence-electron chi connectivity index (χ3n) is 4.98. The molecular weight excluding hydrogens is 386 g/mol. The molecule has 1 unspecified atom stereocenters. The van der Waals surface area contributed by atoms with Gasteiger partial charge in [-0.25, -0.2) is 0 Å². The van der Waals surface area contributed by atoms with Gasteiger partial charge in [-0.2, -0.15) is 0 Å². The van der Waals surface area contributed by atoms with Gasteiger partial charge in [0.2, 0.25) is 0 Å². The fraction of sp³-hybridized carbons (Fsp3) is 0.391. The van der Waals surface area contributed by atoms with Crippen LogP contribution in [0, 0.1) is 6.92 Å². The summed E-state index contributed by atoms with van der Waals surface area (Å²) in [6, 6.07) is 9.52. The Morgan fingerprint density at radius 2 is 2.00 bits per heavy atom. The Kier molecular flexibility index (Phi) is 6.95. The number of nitrogens with zero attached hydrogens (tertiary/aromatic N) is 1. The van der Waals surface area contributed by atoms with Gasteiger partial charge in [-0.05, 0) is 37.6 Å². The molecule has 1 amide bonds. The zero-order chi connectivity index (χ0) is 21.7. The number of aliphatic hydroxyl groups excluding tert-OH is 1. The Bertz CT molecular complexity index is 945. The predicted octanol–water partition coefficient (Wildman–Crippen LogP) is 3.84. The normalized spacial score (nSPS) is 18.2. The van der Waals surface area contributed by atoms with E-state index in [1.165, 1.54) is 12.0 Å². The lowest BCUT2D eigenvalue weighted by molar-refractivity contribution is -0.140. The molecule has 1 saturated heterocycles. The lowest BCUT2D eigenvalue weighted by Gasteiger charge is -2.22. The summed E-state index contributed by atoms with van der Waals surface area (Å²) in [5, 5.41) is 11.0. The fourth-order valence-electron chi connectivity index (χ4n) is 3.42. The number of likely N-dealkylation sites (tertiary alicyclic amines) is 1. The van der Waals surface area contributed by atoms with Crippen LogP contribution in [0.25, 0.3) is 5.76 Å². The van der Waals surface area contributed by atoms with Crippen molar-refractivity contribution in [1.29, 1.82) is 0 Å². The van der Waals surface area contributed by atoms with Gasteiger partial charge >= 0.3 is 0 Å². The highest BCUT2D eigenvalue weighted by Gasteiger charge is 2.47. The molecule has 1 fully saturated rings. The van der Waals surface area contributed by atoms with Gasteiger partial charge in [-0.15, -0.1) is 0 Å². The largest absolute Gasteiger partial charge is 0.507 e. The second-order valence-corrected chi connectivity index (χ2v) is 7.16. The van der Waals surface area contributed by atoms with Crippen LogP contribution in [0.1, 0.15) is 42.9 Å². The first kappa shape index (κ1) is 21.6. The summed E-state index contributed by atoms with van der Waals surface area (Å²) in [5.74, 6) is -0.0453. The average molecular weight is 413 g/mol. The number of ketones is 1. The monoisotopic (exact) mass is 413 g/mol. The zero-order valence-corrected chi connectivity index (χ0v) is 17.5. The molecule has 0 saturated carbocycles. The van der Waals surface area contributed by atoms with Crippen LogP contribution in [0.15, 0.2) is 46.4 Å². The topological polar surface area (TPSA) is 89.2 Å². The number of ether oxygens (including phenoxy) is 2. The number of carbonyl (C=O) groups is 2. The molecule has 0 aliphatic carbocycles. The van der Waals surface area contributed by atoms with Gasteiger partial charge < -0.3 is 23.9 Å². The van der Waals surface area contributed by atoms with Crippen LogP contribution in [0.2, 0.25) is 0 Å². The Labute approximate surface area is 175 Å². The maximum absolute atomic E-state index is 12.9. The van der Waals surface area contributed by atoms with Crippen molar-refractivity contribution in [2.45, 2.75) is 32.7 Å². The molecule has 160 valence electrons. The molecule has 1 aromatic heterocycles. The molecular formula is C23H27NO6. The van der Waals surface area contributed by atoms with Gasteiger partial charge in [0.05, 0.1) is 18.8 Å². The number of furan rings is 1. The summed E-state index contributed by atoms with van der Waals surface area (Å²) in [6.07, 6.45) is 1.92. The lowest BCUT2D eigenvalue weighted by Crippen LogP contribution is -2.32. The molecule has 7 heteroatoms. The van der Waals surface area contributed by atoms with Gasteiger partial charge in [-0.1, -0.05) is 25.5 Å². The molecule has 7 nitrogen and oxygen atoms in total. The van der Waals surface area contributed by atoms with Crippen molar-refractivity contribution in [3.05, 3.63) is 59.1 Å². The van der Waals surface area contributed by atoms with E-state index in [0.717, 1.165) is 12.8 Å². The van der Waals surface area contributed by atoms with Crippen LogP contribution in [0.4, 0.5) is 0 Å². The van der Waals surface area contributed by atoms with Crippen molar-refractivity contribution in [3.63, 3.8) is 0 Å². The van der Waals surface area contributed by atoms with Gasteiger partial charge in [0.15, 0.2) is 0 Å². The molecule has 3 rings (SSSR count). The first-order valence-electron chi connectivity index (χ1n) is 10.0. The molecule has 1 atom stereocenters. The molecule has 1 N–H and O–H groups in total. The second kappa shape index (κ2) is 9.63. The summed E-state index contributed by atoms with van der Waals surface area (Å²) >= 11 is 0. The van der Waals surface area contributed by atoms with Crippen LogP contribution in [0.3, 0.4) is 0 Å². The highest BCUT2D eigenvalue weighted by Crippen LogP contribution is 2.40. The van der Waals surface area contributed by atoms with E-state index in [4.69, 9.17) is 13.9 Å². The third-order valence-corrected chi connectivity index (χ3v) is 4.98. The van der Waals surface area contributed by atoms with Crippen LogP contribution >= 0.6 is 0 Å². The maximum atomic E-state index is 12.9. The molecule has 2 aromatic rings. The first-order valence-corrected chi connectivity index (χ1v) is 10.0. The zero-order valence-electron chi connectivity index (χ0n) is 17.5. The van der Waals surface area contributed by atoms with Crippen molar-refractivity contribution in [2.24, 2.45) is 0 Å². The summed E-state index contributed by atoms with van der Waals surface area (Å²) < 4.78 is 16.5. The van der Waals surface area contributed by atoms with E-state index < -0.39 is 17.7 Å². The minimum absolute atomic E-state index is 0.00355. The van der Waals surface area contributed by atoms with Crippen LogP contribution in [-0.4, -0.2) is 48.6 Å². The Hall–Kier alpha value is -3.06. The standard InChI is InChI=1S/C23H27NO6/c1-4-5-12-29-17-8-6-7-16(14-17)21(25)19-20(18-10-9-15(2)30-18)24(11-13-28-3)23(27)22(19)26/h6-10,14,20,25H,4-5,11-13H2,1-3H3/b21-19+. The maximum Gasteiger partial charge on any atom is 0.295 e. The van der Waals surface area contributed by atoms with Gasteiger partial charge in [0.25, 0.3) is 11.7 Å². The summed E-state index contributed by atoms with van der Waals surface area (Å²) in [7, 11) is 1.52. The molecule has 1 aromatic carbocycles. The molecule has 0 spiro atoms.